The van der Waals surface area contributed by atoms with E-state index in [1.165, 1.54) is 6.92 Å². The summed E-state index contributed by atoms with van der Waals surface area (Å²) in [5.41, 5.74) is 10.6. The van der Waals surface area contributed by atoms with E-state index in [1.807, 2.05) is 0 Å². The lowest BCUT2D eigenvalue weighted by molar-refractivity contribution is -0.140. The number of aromatic nitrogens is 2. The smallest absolute Gasteiger partial charge is 0.326 e. The van der Waals surface area contributed by atoms with Crippen molar-refractivity contribution < 1.29 is 24.6 Å². The van der Waals surface area contributed by atoms with Gasteiger partial charge in [-0.1, -0.05) is 11.3 Å². The molecular formula is C11H18N6O5S. The van der Waals surface area contributed by atoms with Crippen molar-refractivity contribution in [1.82, 2.24) is 20.8 Å². The molecule has 128 valence electrons. The number of aliphatic hydroxyl groups excluding tert-OH is 1. The summed E-state index contributed by atoms with van der Waals surface area (Å²) >= 11 is 1.11. The zero-order chi connectivity index (χ0) is 17.6. The molecule has 1 heterocycles. The van der Waals surface area contributed by atoms with Gasteiger partial charge in [-0.25, -0.2) is 9.59 Å². The average molecular weight is 346 g/mol. The van der Waals surface area contributed by atoms with Crippen LogP contribution in [-0.2, 0) is 16.1 Å². The lowest BCUT2D eigenvalue weighted by Gasteiger charge is -2.13. The van der Waals surface area contributed by atoms with Gasteiger partial charge in [0.25, 0.3) is 0 Å². The fourth-order valence-electron chi connectivity index (χ4n) is 1.45. The highest BCUT2D eigenvalue weighted by atomic mass is 32.1. The number of amides is 3. The van der Waals surface area contributed by atoms with Gasteiger partial charge in [-0.3, -0.25) is 4.79 Å². The average Bonchev–Trinajstić information content (AvgIpc) is 2.91. The number of carboxylic acid groups (broad SMARTS) is 1. The number of aliphatic hydroxyl groups is 1. The van der Waals surface area contributed by atoms with Crippen molar-refractivity contribution >= 4 is 29.2 Å². The predicted octanol–water partition coefficient (Wildman–Crippen LogP) is -1.95. The Balaban J connectivity index is 2.52. The van der Waals surface area contributed by atoms with Gasteiger partial charge in [0.2, 0.25) is 5.91 Å². The molecule has 1 rings (SSSR count). The van der Waals surface area contributed by atoms with E-state index in [-0.39, 0.29) is 6.54 Å². The first-order valence-electron chi connectivity index (χ1n) is 6.52. The quantitative estimate of drug-likeness (QED) is 0.312. The number of nitrogens with zero attached hydrogens (tertiary/aromatic N) is 2. The van der Waals surface area contributed by atoms with Crippen LogP contribution in [0.1, 0.15) is 29.4 Å². The lowest BCUT2D eigenvalue weighted by Crippen LogP contribution is -2.47. The van der Waals surface area contributed by atoms with Crippen LogP contribution >= 0.6 is 11.3 Å². The Hall–Kier alpha value is -2.31. The summed E-state index contributed by atoms with van der Waals surface area (Å²) in [7, 11) is 0. The van der Waals surface area contributed by atoms with Crippen LogP contribution in [0.25, 0.3) is 0 Å². The van der Waals surface area contributed by atoms with Gasteiger partial charge >= 0.3 is 12.0 Å². The zero-order valence-electron chi connectivity index (χ0n) is 12.2. The number of carbonyl (C=O) groups excluding carboxylic acids is 2. The molecule has 0 aromatic carbocycles. The van der Waals surface area contributed by atoms with Crippen LogP contribution in [0.4, 0.5) is 4.79 Å². The number of primary amides is 1. The van der Waals surface area contributed by atoms with E-state index >= 15 is 0 Å². The van der Waals surface area contributed by atoms with E-state index in [9.17, 15) is 19.5 Å². The van der Waals surface area contributed by atoms with Crippen LogP contribution in [0.5, 0.6) is 0 Å². The maximum atomic E-state index is 11.6. The lowest BCUT2D eigenvalue weighted by atomic mass is 10.2. The molecule has 11 nitrogen and oxygen atoms in total. The molecule has 0 saturated heterocycles. The van der Waals surface area contributed by atoms with E-state index in [1.54, 1.807) is 0 Å². The first-order chi connectivity index (χ1) is 10.7. The number of aliphatic carboxylic acids is 1. The first kappa shape index (κ1) is 18.7. The van der Waals surface area contributed by atoms with Crippen LogP contribution in [0.2, 0.25) is 0 Å². The summed E-state index contributed by atoms with van der Waals surface area (Å²) in [6.45, 7) is 1.50. The number of hydrogen-bond donors (Lipinski definition) is 6. The van der Waals surface area contributed by atoms with E-state index in [4.69, 9.17) is 16.6 Å². The third kappa shape index (κ3) is 6.14. The van der Waals surface area contributed by atoms with Crippen LogP contribution in [0.15, 0.2) is 0 Å². The molecule has 0 saturated carbocycles. The van der Waals surface area contributed by atoms with Crippen molar-refractivity contribution in [2.24, 2.45) is 11.5 Å². The summed E-state index contributed by atoms with van der Waals surface area (Å²) in [6, 6.07) is -2.89. The molecule has 3 amide bonds. The van der Waals surface area contributed by atoms with Gasteiger partial charge in [0, 0.05) is 0 Å². The Morgan fingerprint density at radius 2 is 2.00 bits per heavy atom. The van der Waals surface area contributed by atoms with Crippen molar-refractivity contribution in [2.45, 2.75) is 38.1 Å². The Labute approximate surface area is 135 Å². The number of nitrogens with one attached hydrogen (secondary N) is 2. The molecule has 1 aromatic heterocycles. The number of carbonyl (C=O) groups is 3. The Morgan fingerprint density at radius 1 is 1.35 bits per heavy atom. The van der Waals surface area contributed by atoms with E-state index in [0.29, 0.717) is 10.0 Å². The highest BCUT2D eigenvalue weighted by Crippen LogP contribution is 2.18. The highest BCUT2D eigenvalue weighted by Gasteiger charge is 2.22. The summed E-state index contributed by atoms with van der Waals surface area (Å²) < 4.78 is 0. The van der Waals surface area contributed by atoms with Crippen LogP contribution in [-0.4, -0.2) is 50.5 Å². The number of rotatable bonds is 8. The minimum Gasteiger partial charge on any atom is -0.480 e. The van der Waals surface area contributed by atoms with Gasteiger partial charge in [-0.2, -0.15) is 0 Å². The number of nitrogens with two attached hydrogens (primary N) is 2. The normalized spacial score (nSPS) is 14.6. The Bertz CT molecular complexity index is 577. The van der Waals surface area contributed by atoms with Crippen LogP contribution in [0.3, 0.4) is 0 Å². The summed E-state index contributed by atoms with van der Waals surface area (Å²) in [5, 5.41) is 31.2. The van der Waals surface area contributed by atoms with E-state index in [2.05, 4.69) is 20.8 Å². The Kier molecular flexibility index (Phi) is 6.81. The molecule has 12 heteroatoms. The molecule has 0 aliphatic carbocycles. The molecule has 3 atom stereocenters. The summed E-state index contributed by atoms with van der Waals surface area (Å²) in [6.07, 6.45) is -1.31. The summed E-state index contributed by atoms with van der Waals surface area (Å²) in [4.78, 5) is 33.2. The van der Waals surface area contributed by atoms with E-state index < -0.39 is 42.5 Å². The van der Waals surface area contributed by atoms with Crippen molar-refractivity contribution in [3.8, 4) is 0 Å². The van der Waals surface area contributed by atoms with Gasteiger partial charge in [0.05, 0.1) is 25.1 Å². The highest BCUT2D eigenvalue weighted by molar-refractivity contribution is 7.11. The van der Waals surface area contributed by atoms with Gasteiger partial charge in [0.15, 0.2) is 0 Å². The maximum absolute atomic E-state index is 11.6. The molecule has 1 aromatic rings. The zero-order valence-corrected chi connectivity index (χ0v) is 13.0. The predicted molar refractivity (Wildman–Crippen MR) is 79.1 cm³/mol. The fourth-order valence-corrected chi connectivity index (χ4v) is 2.33. The molecule has 0 bridgehead atoms. The second kappa shape index (κ2) is 8.36. The SMILES string of the molecule is CC(O)C(N)c1nnc(CNC(=O)N[C@@H](CC(N)=O)C(=O)O)s1. The van der Waals surface area contributed by atoms with Crippen molar-refractivity contribution in [2.75, 3.05) is 0 Å². The summed E-state index contributed by atoms with van der Waals surface area (Å²) in [5.74, 6) is -2.22. The maximum Gasteiger partial charge on any atom is 0.326 e. The monoisotopic (exact) mass is 346 g/mol. The fraction of sp³-hybridized carbons (Fsp3) is 0.545. The third-order valence-corrected chi connectivity index (χ3v) is 3.72. The third-order valence-electron chi connectivity index (χ3n) is 2.70. The first-order valence-corrected chi connectivity index (χ1v) is 7.33. The second-order valence-electron chi connectivity index (χ2n) is 4.69. The number of hydrogen-bond acceptors (Lipinski definition) is 8. The largest absolute Gasteiger partial charge is 0.480 e. The second-order valence-corrected chi connectivity index (χ2v) is 5.78. The molecule has 0 aliphatic heterocycles. The van der Waals surface area contributed by atoms with Gasteiger partial charge < -0.3 is 32.3 Å². The number of urea groups is 1. The van der Waals surface area contributed by atoms with Crippen LogP contribution < -0.4 is 22.1 Å². The standard InChI is InChI=1S/C11H18N6O5S/c1-4(18)8(13)9-17-16-7(23-9)3-14-11(22)15-5(10(20)21)2-6(12)19/h4-5,8,18H,2-3,13H2,1H3,(H2,12,19)(H,20,21)(H2,14,15,22)/t4?,5-,8?/m0/s1. The Morgan fingerprint density at radius 3 is 2.52 bits per heavy atom. The molecule has 0 radical (unpaired) electrons. The van der Waals surface area contributed by atoms with E-state index in [0.717, 1.165) is 11.3 Å². The number of carboxylic acids is 1. The van der Waals surface area contributed by atoms with Crippen LogP contribution in [0, 0.1) is 0 Å². The van der Waals surface area contributed by atoms with Crippen molar-refractivity contribution in [1.29, 1.82) is 0 Å². The molecule has 8 N–H and O–H groups in total. The minimum atomic E-state index is -1.42. The minimum absolute atomic E-state index is 0.0149. The van der Waals surface area contributed by atoms with Gasteiger partial charge in [0.1, 0.15) is 16.1 Å². The van der Waals surface area contributed by atoms with Gasteiger partial charge in [-0.05, 0) is 6.92 Å². The van der Waals surface area contributed by atoms with Crippen molar-refractivity contribution in [3.63, 3.8) is 0 Å². The molecule has 2 unspecified atom stereocenters. The topological polar surface area (TPSA) is 194 Å². The van der Waals surface area contributed by atoms with Gasteiger partial charge in [-0.15, -0.1) is 10.2 Å². The molecular weight excluding hydrogens is 328 g/mol. The molecule has 0 aliphatic rings. The molecule has 23 heavy (non-hydrogen) atoms. The molecule has 0 spiro atoms. The van der Waals surface area contributed by atoms with Crippen molar-refractivity contribution in [3.05, 3.63) is 10.0 Å². The molecule has 0 fully saturated rings.